The summed E-state index contributed by atoms with van der Waals surface area (Å²) in [5, 5.41) is 8.86. The van der Waals surface area contributed by atoms with Crippen LogP contribution in [0, 0.1) is 6.92 Å². The molecule has 2 N–H and O–H groups in total. The van der Waals surface area contributed by atoms with Gasteiger partial charge in [-0.1, -0.05) is 0 Å². The molecule has 0 amide bonds. The van der Waals surface area contributed by atoms with Gasteiger partial charge in [-0.2, -0.15) is 0 Å². The molecule has 1 rings (SSSR count). The molecule has 0 aromatic carbocycles. The van der Waals surface area contributed by atoms with Gasteiger partial charge in [0.25, 0.3) is 0 Å². The third kappa shape index (κ3) is 1.51. The molecule has 56 valence electrons. The molecule has 0 saturated heterocycles. The summed E-state index contributed by atoms with van der Waals surface area (Å²) in [6, 6.07) is 1.28. The average Bonchev–Trinajstić information content (AvgIpc) is 1.83. The summed E-state index contributed by atoms with van der Waals surface area (Å²) in [6.07, 6.45) is 1.50. The quantitative estimate of drug-likeness (QED) is 0.592. The number of H-pyrrole nitrogens is 1. The van der Waals surface area contributed by atoms with Crippen LogP contribution in [0.1, 0.15) is 5.69 Å². The van der Waals surface area contributed by atoms with Crippen LogP contribution in [0.3, 0.4) is 0 Å². The van der Waals surface area contributed by atoms with Crippen molar-refractivity contribution < 1.29 is 5.11 Å². The van der Waals surface area contributed by atoms with E-state index in [0.29, 0.717) is 5.69 Å². The third-order valence-electron chi connectivity index (χ3n) is 1.12. The van der Waals surface area contributed by atoms with Gasteiger partial charge in [-0.05, 0) is 6.92 Å². The Kier molecular flexibility index (Phi) is 2.96. The summed E-state index contributed by atoms with van der Waals surface area (Å²) in [4.78, 5) is 13.3. The fourth-order valence-electron chi connectivity index (χ4n) is 0.574. The second-order valence-electron chi connectivity index (χ2n) is 1.82. The van der Waals surface area contributed by atoms with Crippen LogP contribution in [0.5, 0.6) is 5.75 Å². The summed E-state index contributed by atoms with van der Waals surface area (Å²) in [5.41, 5.74) is 0.161. The van der Waals surface area contributed by atoms with Gasteiger partial charge in [0.15, 0.2) is 5.75 Å². The van der Waals surface area contributed by atoms with E-state index in [0.717, 1.165) is 0 Å². The summed E-state index contributed by atoms with van der Waals surface area (Å²) in [7, 11) is 0. The SMILES string of the molecule is Cc1[nH]ccc(=O)c1O.Cl. The monoisotopic (exact) mass is 161 g/mol. The van der Waals surface area contributed by atoms with E-state index in [9.17, 15) is 4.79 Å². The molecule has 1 aromatic heterocycles. The van der Waals surface area contributed by atoms with Gasteiger partial charge in [0, 0.05) is 12.3 Å². The molecule has 1 aromatic rings. The molecule has 0 fully saturated rings. The summed E-state index contributed by atoms with van der Waals surface area (Å²) in [5.74, 6) is -0.197. The number of pyridine rings is 1. The van der Waals surface area contributed by atoms with Crippen LogP contribution in [0.4, 0.5) is 0 Å². The average molecular weight is 162 g/mol. The van der Waals surface area contributed by atoms with E-state index in [1.165, 1.54) is 12.3 Å². The van der Waals surface area contributed by atoms with Gasteiger partial charge in [0.2, 0.25) is 5.43 Å². The van der Waals surface area contributed by atoms with Crippen molar-refractivity contribution in [1.29, 1.82) is 0 Å². The molecular formula is C6H8ClNO2. The van der Waals surface area contributed by atoms with Crippen molar-refractivity contribution in [3.05, 3.63) is 28.2 Å². The molecule has 0 radical (unpaired) electrons. The molecule has 0 aliphatic rings. The van der Waals surface area contributed by atoms with Crippen LogP contribution in [-0.4, -0.2) is 10.1 Å². The van der Waals surface area contributed by atoms with Crippen LogP contribution >= 0.6 is 12.4 Å². The van der Waals surface area contributed by atoms with Crippen molar-refractivity contribution >= 4 is 12.4 Å². The Morgan fingerprint density at radius 1 is 1.60 bits per heavy atom. The highest BCUT2D eigenvalue weighted by molar-refractivity contribution is 5.85. The molecule has 10 heavy (non-hydrogen) atoms. The normalized spacial score (nSPS) is 8.50. The number of aromatic hydroxyl groups is 1. The van der Waals surface area contributed by atoms with Gasteiger partial charge >= 0.3 is 0 Å². The van der Waals surface area contributed by atoms with Gasteiger partial charge < -0.3 is 10.1 Å². The first kappa shape index (κ1) is 9.04. The molecule has 0 aliphatic carbocycles. The fourth-order valence-corrected chi connectivity index (χ4v) is 0.574. The molecule has 0 saturated carbocycles. The second-order valence-corrected chi connectivity index (χ2v) is 1.82. The number of aromatic amines is 1. The molecule has 0 spiro atoms. The highest BCUT2D eigenvalue weighted by Crippen LogP contribution is 2.02. The zero-order chi connectivity index (χ0) is 6.85. The maximum atomic E-state index is 10.6. The van der Waals surface area contributed by atoms with Gasteiger partial charge in [0.1, 0.15) is 0 Å². The van der Waals surface area contributed by atoms with Crippen molar-refractivity contribution in [2.75, 3.05) is 0 Å². The first-order chi connectivity index (χ1) is 4.22. The summed E-state index contributed by atoms with van der Waals surface area (Å²) in [6.45, 7) is 1.64. The van der Waals surface area contributed by atoms with E-state index in [2.05, 4.69) is 4.98 Å². The molecule has 1 heterocycles. The minimum atomic E-state index is -0.341. The molecular weight excluding hydrogens is 154 g/mol. The number of aromatic nitrogens is 1. The lowest BCUT2D eigenvalue weighted by molar-refractivity contribution is 0.462. The van der Waals surface area contributed by atoms with Gasteiger partial charge in [-0.25, -0.2) is 0 Å². The number of aryl methyl sites for hydroxylation is 1. The van der Waals surface area contributed by atoms with Gasteiger partial charge in [0.05, 0.1) is 5.69 Å². The van der Waals surface area contributed by atoms with Crippen molar-refractivity contribution in [2.45, 2.75) is 6.92 Å². The van der Waals surface area contributed by atoms with Crippen LogP contribution in [0.25, 0.3) is 0 Å². The Morgan fingerprint density at radius 2 is 2.20 bits per heavy atom. The summed E-state index contributed by atoms with van der Waals surface area (Å²) >= 11 is 0. The predicted molar refractivity (Wildman–Crippen MR) is 40.7 cm³/mol. The lowest BCUT2D eigenvalue weighted by Gasteiger charge is -1.92. The number of hydrogen-bond donors (Lipinski definition) is 2. The smallest absolute Gasteiger partial charge is 0.223 e. The Hall–Kier alpha value is -0.960. The molecule has 0 unspecified atom stereocenters. The second kappa shape index (κ2) is 3.27. The number of rotatable bonds is 0. The van der Waals surface area contributed by atoms with E-state index in [1.54, 1.807) is 6.92 Å². The highest BCUT2D eigenvalue weighted by atomic mass is 35.5. The Balaban J connectivity index is 0.000000810. The topological polar surface area (TPSA) is 53.1 Å². The third-order valence-corrected chi connectivity index (χ3v) is 1.12. The van der Waals surface area contributed by atoms with E-state index < -0.39 is 0 Å². The lowest BCUT2D eigenvalue weighted by Crippen LogP contribution is -1.99. The molecule has 3 nitrogen and oxygen atoms in total. The molecule has 0 atom stereocenters. The minimum absolute atomic E-state index is 0. The number of nitrogens with one attached hydrogen (secondary N) is 1. The molecule has 0 aliphatic heterocycles. The Morgan fingerprint density at radius 3 is 2.60 bits per heavy atom. The highest BCUT2D eigenvalue weighted by Gasteiger charge is 1.96. The predicted octanol–water partition coefficient (Wildman–Crippen LogP) is 0.811. The van der Waals surface area contributed by atoms with Crippen LogP contribution < -0.4 is 5.43 Å². The molecule has 4 heteroatoms. The molecule has 0 bridgehead atoms. The van der Waals surface area contributed by atoms with Crippen LogP contribution in [0.2, 0.25) is 0 Å². The zero-order valence-corrected chi connectivity index (χ0v) is 6.23. The summed E-state index contributed by atoms with van der Waals surface area (Å²) < 4.78 is 0. The van der Waals surface area contributed by atoms with E-state index in [-0.39, 0.29) is 23.6 Å². The number of halogens is 1. The Labute approximate surface area is 64.1 Å². The fraction of sp³-hybridized carbons (Fsp3) is 0.167. The first-order valence-corrected chi connectivity index (χ1v) is 2.59. The van der Waals surface area contributed by atoms with Crippen LogP contribution in [-0.2, 0) is 0 Å². The van der Waals surface area contributed by atoms with E-state index in [4.69, 9.17) is 5.11 Å². The Bertz CT molecular complexity index is 269. The van der Waals surface area contributed by atoms with E-state index >= 15 is 0 Å². The van der Waals surface area contributed by atoms with Gasteiger partial charge in [-0.3, -0.25) is 4.79 Å². The van der Waals surface area contributed by atoms with Crippen molar-refractivity contribution in [3.63, 3.8) is 0 Å². The van der Waals surface area contributed by atoms with Gasteiger partial charge in [-0.15, -0.1) is 12.4 Å². The first-order valence-electron chi connectivity index (χ1n) is 2.59. The van der Waals surface area contributed by atoms with Crippen molar-refractivity contribution in [2.24, 2.45) is 0 Å². The zero-order valence-electron chi connectivity index (χ0n) is 5.42. The maximum absolute atomic E-state index is 10.6. The minimum Gasteiger partial charge on any atom is -0.503 e. The van der Waals surface area contributed by atoms with Crippen molar-refractivity contribution in [1.82, 2.24) is 4.98 Å². The lowest BCUT2D eigenvalue weighted by atomic mass is 10.3. The number of hydrogen-bond acceptors (Lipinski definition) is 2. The van der Waals surface area contributed by atoms with E-state index in [1.807, 2.05) is 0 Å². The largest absolute Gasteiger partial charge is 0.503 e. The van der Waals surface area contributed by atoms with Crippen LogP contribution in [0.15, 0.2) is 17.1 Å². The maximum Gasteiger partial charge on any atom is 0.223 e. The van der Waals surface area contributed by atoms with Crippen molar-refractivity contribution in [3.8, 4) is 5.75 Å². The standard InChI is InChI=1S/C6H7NO2.ClH/c1-4-6(9)5(8)2-3-7-4;/h2-3,9H,1H3,(H,7,8);1H.